The number of rotatable bonds is 4. The van der Waals surface area contributed by atoms with Crippen LogP contribution in [0.3, 0.4) is 0 Å². The molecule has 6 nitrogen and oxygen atoms in total. The second kappa shape index (κ2) is 7.14. The van der Waals surface area contributed by atoms with Crippen molar-refractivity contribution in [2.75, 3.05) is 5.32 Å². The molecule has 2 aromatic heterocycles. The molecule has 1 aromatic carbocycles. The molecular weight excluding hydrogens is 440 g/mol. The fraction of sp³-hybridized carbons (Fsp3) is 0.0714. The monoisotopic (exact) mass is 447 g/mol. The first-order valence-corrected chi connectivity index (χ1v) is 8.54. The molecule has 0 radical (unpaired) electrons. The summed E-state index contributed by atoms with van der Waals surface area (Å²) in [7, 11) is 0. The molecule has 0 saturated heterocycles. The first-order valence-electron chi connectivity index (χ1n) is 6.61. The second-order valence-electron chi connectivity index (χ2n) is 4.77. The Morgan fingerprint density at radius 1 is 1.25 bits per heavy atom. The number of aromatic nitrogens is 4. The van der Waals surface area contributed by atoms with Crippen molar-refractivity contribution in [3.8, 4) is 0 Å². The van der Waals surface area contributed by atoms with E-state index in [1.54, 1.807) is 29.1 Å². The van der Waals surface area contributed by atoms with Crippen LogP contribution < -0.4 is 5.32 Å². The van der Waals surface area contributed by atoms with Crippen molar-refractivity contribution in [2.24, 2.45) is 0 Å². The Morgan fingerprint density at radius 3 is 2.58 bits per heavy atom. The lowest BCUT2D eigenvalue weighted by atomic mass is 10.2. The fourth-order valence-electron chi connectivity index (χ4n) is 2.01. The van der Waals surface area contributed by atoms with Crippen molar-refractivity contribution in [1.29, 1.82) is 0 Å². The van der Waals surface area contributed by atoms with Crippen LogP contribution in [0.15, 0.2) is 35.1 Å². The maximum absolute atomic E-state index is 12.2. The maximum atomic E-state index is 12.2. The average Bonchev–Trinajstić information content (AvgIpc) is 3.09. The topological polar surface area (TPSA) is 75.6 Å². The summed E-state index contributed by atoms with van der Waals surface area (Å²) in [6.45, 7) is 0.321. The Balaban J connectivity index is 1.81. The lowest BCUT2D eigenvalue weighted by Gasteiger charge is -2.06. The SMILES string of the molecule is O=C(Nc1nn(Cc2c(Cl)cccc2Cl)cc1Cl)c1[nH]ncc1Br. The lowest BCUT2D eigenvalue weighted by molar-refractivity contribution is 0.102. The smallest absolute Gasteiger partial charge is 0.276 e. The highest BCUT2D eigenvalue weighted by Crippen LogP contribution is 2.27. The fourth-order valence-corrected chi connectivity index (χ4v) is 3.09. The molecule has 0 atom stereocenters. The van der Waals surface area contributed by atoms with Crippen LogP contribution in [-0.4, -0.2) is 25.9 Å². The Hall–Kier alpha value is -1.54. The van der Waals surface area contributed by atoms with Crippen LogP contribution in [0.1, 0.15) is 16.1 Å². The minimum absolute atomic E-state index is 0.228. The molecule has 0 unspecified atom stereocenters. The van der Waals surface area contributed by atoms with Crippen LogP contribution in [0.2, 0.25) is 15.1 Å². The number of halogens is 4. The molecule has 0 saturated carbocycles. The van der Waals surface area contributed by atoms with Gasteiger partial charge in [0.15, 0.2) is 5.82 Å². The van der Waals surface area contributed by atoms with Crippen LogP contribution in [0, 0.1) is 0 Å². The Kier molecular flexibility index (Phi) is 5.15. The zero-order valence-corrected chi connectivity index (χ0v) is 15.7. The second-order valence-corrected chi connectivity index (χ2v) is 6.85. The summed E-state index contributed by atoms with van der Waals surface area (Å²) in [6.07, 6.45) is 3.06. The predicted octanol–water partition coefficient (Wildman–Crippen LogP) is 4.63. The van der Waals surface area contributed by atoms with Gasteiger partial charge in [-0.2, -0.15) is 10.2 Å². The number of benzene rings is 1. The van der Waals surface area contributed by atoms with Crippen molar-refractivity contribution in [1.82, 2.24) is 20.0 Å². The number of amides is 1. The molecule has 1 amide bonds. The summed E-state index contributed by atoms with van der Waals surface area (Å²) in [5.74, 6) is -0.186. The maximum Gasteiger partial charge on any atom is 0.276 e. The van der Waals surface area contributed by atoms with E-state index in [2.05, 4.69) is 36.5 Å². The van der Waals surface area contributed by atoms with E-state index in [4.69, 9.17) is 34.8 Å². The van der Waals surface area contributed by atoms with Crippen LogP contribution in [0.4, 0.5) is 5.82 Å². The van der Waals surface area contributed by atoms with Crippen molar-refractivity contribution < 1.29 is 4.79 Å². The molecule has 24 heavy (non-hydrogen) atoms. The number of H-pyrrole nitrogens is 1. The van der Waals surface area contributed by atoms with Gasteiger partial charge in [0.05, 0.1) is 17.2 Å². The number of anilines is 1. The molecule has 10 heteroatoms. The van der Waals surface area contributed by atoms with Crippen LogP contribution in [0.25, 0.3) is 0 Å². The molecule has 0 fully saturated rings. The van der Waals surface area contributed by atoms with E-state index < -0.39 is 5.91 Å². The lowest BCUT2D eigenvalue weighted by Crippen LogP contribution is -2.14. The van der Waals surface area contributed by atoms with Gasteiger partial charge in [-0.25, -0.2) is 0 Å². The summed E-state index contributed by atoms with van der Waals surface area (Å²) in [5, 5.41) is 14.6. The number of carbonyl (C=O) groups excluding carboxylic acids is 1. The van der Waals surface area contributed by atoms with E-state index in [-0.39, 0.29) is 11.5 Å². The van der Waals surface area contributed by atoms with Gasteiger partial charge in [-0.3, -0.25) is 14.6 Å². The third-order valence-electron chi connectivity index (χ3n) is 3.15. The quantitative estimate of drug-likeness (QED) is 0.610. The minimum Gasteiger partial charge on any atom is -0.302 e. The summed E-state index contributed by atoms with van der Waals surface area (Å²) in [6, 6.07) is 5.25. The first-order chi connectivity index (χ1) is 11.5. The third-order valence-corrected chi connectivity index (χ3v) is 4.74. The van der Waals surface area contributed by atoms with Crippen molar-refractivity contribution in [2.45, 2.75) is 6.54 Å². The van der Waals surface area contributed by atoms with Gasteiger partial charge in [-0.05, 0) is 28.1 Å². The highest BCUT2D eigenvalue weighted by atomic mass is 79.9. The molecule has 2 N–H and O–H groups in total. The highest BCUT2D eigenvalue weighted by Gasteiger charge is 2.17. The van der Waals surface area contributed by atoms with Crippen LogP contribution in [0.5, 0.6) is 0 Å². The number of carbonyl (C=O) groups is 1. The molecule has 0 bridgehead atoms. The van der Waals surface area contributed by atoms with E-state index in [1.807, 2.05) is 0 Å². The Bertz CT molecular complexity index is 887. The number of aromatic amines is 1. The van der Waals surface area contributed by atoms with E-state index in [9.17, 15) is 4.79 Å². The Labute approximate surface area is 160 Å². The van der Waals surface area contributed by atoms with Crippen molar-refractivity contribution in [3.05, 3.63) is 61.4 Å². The molecule has 124 valence electrons. The standard InChI is InChI=1S/C14H9BrCl3N5O/c15-8-4-19-21-12(8)14(24)20-13-11(18)6-23(22-13)5-7-9(16)2-1-3-10(7)17/h1-4,6H,5H2,(H,19,21)(H,20,22,24). The van der Waals surface area contributed by atoms with Gasteiger partial charge in [0.2, 0.25) is 0 Å². The number of hydrogen-bond acceptors (Lipinski definition) is 3. The molecular formula is C14H9BrCl3N5O. The van der Waals surface area contributed by atoms with Gasteiger partial charge < -0.3 is 5.32 Å². The third kappa shape index (κ3) is 3.59. The molecule has 2 heterocycles. The Morgan fingerprint density at radius 2 is 1.96 bits per heavy atom. The zero-order valence-electron chi connectivity index (χ0n) is 11.9. The highest BCUT2D eigenvalue weighted by molar-refractivity contribution is 9.10. The number of nitrogens with zero attached hydrogens (tertiary/aromatic N) is 3. The van der Waals surface area contributed by atoms with Gasteiger partial charge in [0.25, 0.3) is 5.91 Å². The van der Waals surface area contributed by atoms with Crippen molar-refractivity contribution >= 4 is 62.5 Å². The van der Waals surface area contributed by atoms with Gasteiger partial charge >= 0.3 is 0 Å². The van der Waals surface area contributed by atoms with E-state index in [0.717, 1.165) is 0 Å². The molecule has 3 rings (SSSR count). The molecule has 0 aliphatic heterocycles. The predicted molar refractivity (Wildman–Crippen MR) is 97.0 cm³/mol. The van der Waals surface area contributed by atoms with E-state index in [1.165, 1.54) is 6.20 Å². The van der Waals surface area contributed by atoms with Crippen LogP contribution in [-0.2, 0) is 6.54 Å². The minimum atomic E-state index is -0.415. The van der Waals surface area contributed by atoms with Crippen LogP contribution >= 0.6 is 50.7 Å². The molecule has 3 aromatic rings. The summed E-state index contributed by atoms with van der Waals surface area (Å²) >= 11 is 21.7. The van der Waals surface area contributed by atoms with Crippen molar-refractivity contribution in [3.63, 3.8) is 0 Å². The largest absolute Gasteiger partial charge is 0.302 e. The molecule has 0 aliphatic rings. The summed E-state index contributed by atoms with van der Waals surface area (Å²) in [4.78, 5) is 12.2. The normalized spacial score (nSPS) is 10.8. The summed E-state index contributed by atoms with van der Waals surface area (Å²) in [5.41, 5.74) is 0.990. The molecule has 0 aliphatic carbocycles. The van der Waals surface area contributed by atoms with Gasteiger partial charge in [0.1, 0.15) is 10.7 Å². The van der Waals surface area contributed by atoms with E-state index in [0.29, 0.717) is 31.6 Å². The summed E-state index contributed by atoms with van der Waals surface area (Å²) < 4.78 is 2.09. The van der Waals surface area contributed by atoms with Gasteiger partial charge in [-0.15, -0.1) is 0 Å². The van der Waals surface area contributed by atoms with Gasteiger partial charge in [-0.1, -0.05) is 40.9 Å². The zero-order chi connectivity index (χ0) is 17.3. The van der Waals surface area contributed by atoms with E-state index >= 15 is 0 Å². The molecule has 0 spiro atoms. The number of hydrogen-bond donors (Lipinski definition) is 2. The van der Waals surface area contributed by atoms with Gasteiger partial charge in [0, 0.05) is 21.8 Å². The first kappa shape index (κ1) is 17.3. The number of nitrogens with one attached hydrogen (secondary N) is 2. The average molecular weight is 450 g/mol.